The van der Waals surface area contributed by atoms with Crippen molar-refractivity contribution < 1.29 is 9.13 Å². The summed E-state index contributed by atoms with van der Waals surface area (Å²) in [5.74, 6) is 1.09. The molecule has 2 aromatic heterocycles. The first-order valence-electron chi connectivity index (χ1n) is 9.50. The van der Waals surface area contributed by atoms with Crippen LogP contribution in [0.15, 0.2) is 46.4 Å². The monoisotopic (exact) mass is 495 g/mol. The molecule has 2 heterocycles. The highest BCUT2D eigenvalue weighted by Crippen LogP contribution is 2.32. The molecule has 0 unspecified atom stereocenters. The minimum atomic E-state index is -0.477. The molecule has 3 aromatic rings. The Kier molecular flexibility index (Phi) is 6.67. The third-order valence-corrected chi connectivity index (χ3v) is 6.45. The van der Waals surface area contributed by atoms with Crippen LogP contribution in [0.4, 0.5) is 15.3 Å². The number of rotatable bonds is 6. The number of halogens is 3. The zero-order valence-corrected chi connectivity index (χ0v) is 18.7. The van der Waals surface area contributed by atoms with Crippen LogP contribution in [0, 0.1) is 11.7 Å². The van der Waals surface area contributed by atoms with Gasteiger partial charge in [-0.25, -0.2) is 14.4 Å². The molecule has 152 valence electrons. The maximum atomic E-state index is 14.1. The molecule has 0 amide bonds. The first-order valence-corrected chi connectivity index (χ1v) is 11.6. The highest BCUT2D eigenvalue weighted by atomic mass is 79.9. The number of thiazole rings is 1. The predicted octanol–water partition coefficient (Wildman–Crippen LogP) is 7.02. The van der Waals surface area contributed by atoms with Gasteiger partial charge in [0.2, 0.25) is 0 Å². The van der Waals surface area contributed by atoms with Crippen LogP contribution < -0.4 is 10.1 Å². The van der Waals surface area contributed by atoms with Gasteiger partial charge in [0.25, 0.3) is 0 Å². The van der Waals surface area contributed by atoms with Gasteiger partial charge in [0.15, 0.2) is 16.7 Å². The Balaban J connectivity index is 1.33. The number of nitrogens with one attached hydrogen (secondary N) is 1. The van der Waals surface area contributed by atoms with Crippen LogP contribution in [0.1, 0.15) is 31.4 Å². The van der Waals surface area contributed by atoms with E-state index in [4.69, 9.17) is 21.3 Å². The quantitative estimate of drug-likeness (QED) is 0.398. The zero-order chi connectivity index (χ0) is 20.2. The van der Waals surface area contributed by atoms with Crippen LogP contribution in [0.3, 0.4) is 0 Å². The van der Waals surface area contributed by atoms with E-state index in [0.717, 1.165) is 53.2 Å². The molecule has 0 bridgehead atoms. The van der Waals surface area contributed by atoms with E-state index in [1.165, 1.54) is 6.07 Å². The van der Waals surface area contributed by atoms with Crippen molar-refractivity contribution in [3.63, 3.8) is 0 Å². The van der Waals surface area contributed by atoms with Crippen molar-refractivity contribution >= 4 is 49.8 Å². The van der Waals surface area contributed by atoms with Crippen molar-refractivity contribution in [2.45, 2.75) is 38.2 Å². The van der Waals surface area contributed by atoms with Crippen molar-refractivity contribution in [1.82, 2.24) is 9.97 Å². The molecular formula is C21H20BrClFN3OS. The third-order valence-electron chi connectivity index (χ3n) is 5.01. The summed E-state index contributed by atoms with van der Waals surface area (Å²) in [6.45, 7) is 0. The molecular weight excluding hydrogens is 477 g/mol. The molecule has 0 spiro atoms. The van der Waals surface area contributed by atoms with Crippen molar-refractivity contribution in [2.75, 3.05) is 5.32 Å². The molecule has 0 radical (unpaired) electrons. The predicted molar refractivity (Wildman–Crippen MR) is 119 cm³/mol. The van der Waals surface area contributed by atoms with Gasteiger partial charge in [0.05, 0.1) is 11.1 Å². The van der Waals surface area contributed by atoms with Crippen LogP contribution in [0.2, 0.25) is 5.02 Å². The standard InChI is InChI=1S/C21H20BrClFN3OS/c22-14-11-15(26-19(12-14)27-21-25-8-9-29-21)10-13-4-6-16(7-5-13)28-18-3-1-2-17(23)20(18)24/h1-3,8-9,11-13,16H,4-7,10H2,(H,25,26,27). The number of hydrogen-bond acceptors (Lipinski definition) is 5. The average Bonchev–Trinajstić information content (AvgIpc) is 3.19. The fourth-order valence-electron chi connectivity index (χ4n) is 3.62. The van der Waals surface area contributed by atoms with Gasteiger partial charge in [-0.3, -0.25) is 0 Å². The fraction of sp³-hybridized carbons (Fsp3) is 0.333. The molecule has 0 saturated heterocycles. The number of hydrogen-bond donors (Lipinski definition) is 1. The highest BCUT2D eigenvalue weighted by Gasteiger charge is 2.24. The number of ether oxygens (including phenoxy) is 1. The van der Waals surface area contributed by atoms with Crippen LogP contribution in [0.25, 0.3) is 0 Å². The largest absolute Gasteiger partial charge is 0.487 e. The minimum Gasteiger partial charge on any atom is -0.487 e. The Morgan fingerprint density at radius 2 is 2.07 bits per heavy atom. The van der Waals surface area contributed by atoms with E-state index in [-0.39, 0.29) is 16.9 Å². The Morgan fingerprint density at radius 3 is 2.83 bits per heavy atom. The van der Waals surface area contributed by atoms with Gasteiger partial charge in [0.1, 0.15) is 5.82 Å². The number of benzene rings is 1. The van der Waals surface area contributed by atoms with Gasteiger partial charge in [0, 0.05) is 21.7 Å². The lowest BCUT2D eigenvalue weighted by Crippen LogP contribution is -2.25. The molecule has 1 aliphatic carbocycles. The summed E-state index contributed by atoms with van der Waals surface area (Å²) in [7, 11) is 0. The molecule has 4 rings (SSSR count). The minimum absolute atomic E-state index is 0.0248. The smallest absolute Gasteiger partial charge is 0.188 e. The number of aromatic nitrogens is 2. The lowest BCUT2D eigenvalue weighted by Gasteiger charge is -2.29. The number of pyridine rings is 1. The Bertz CT molecular complexity index is 965. The number of nitrogens with zero attached hydrogens (tertiary/aromatic N) is 2. The fourth-order valence-corrected chi connectivity index (χ4v) is 4.80. The normalized spacial score (nSPS) is 19.1. The van der Waals surface area contributed by atoms with E-state index in [0.29, 0.717) is 5.92 Å². The molecule has 29 heavy (non-hydrogen) atoms. The van der Waals surface area contributed by atoms with Crippen molar-refractivity contribution in [2.24, 2.45) is 5.92 Å². The molecule has 1 aliphatic rings. The van der Waals surface area contributed by atoms with Crippen molar-refractivity contribution in [3.05, 3.63) is 62.9 Å². The van der Waals surface area contributed by atoms with E-state index in [1.54, 1.807) is 29.7 Å². The maximum absolute atomic E-state index is 14.1. The van der Waals surface area contributed by atoms with E-state index >= 15 is 0 Å². The molecule has 8 heteroatoms. The van der Waals surface area contributed by atoms with Gasteiger partial charge >= 0.3 is 0 Å². The van der Waals surface area contributed by atoms with Gasteiger partial charge in [-0.1, -0.05) is 33.6 Å². The second-order valence-corrected chi connectivity index (χ2v) is 9.36. The third kappa shape index (κ3) is 5.47. The van der Waals surface area contributed by atoms with Gasteiger partial charge in [-0.2, -0.15) is 0 Å². The van der Waals surface area contributed by atoms with E-state index in [9.17, 15) is 4.39 Å². The Morgan fingerprint density at radius 1 is 1.24 bits per heavy atom. The summed E-state index contributed by atoms with van der Waals surface area (Å²) in [4.78, 5) is 8.98. The van der Waals surface area contributed by atoms with Crippen molar-refractivity contribution in [3.8, 4) is 5.75 Å². The second-order valence-electron chi connectivity index (χ2n) is 7.14. The summed E-state index contributed by atoms with van der Waals surface area (Å²) in [6.07, 6.45) is 6.54. The first kappa shape index (κ1) is 20.6. The summed E-state index contributed by atoms with van der Waals surface area (Å²) in [5, 5.41) is 6.10. The molecule has 1 fully saturated rings. The summed E-state index contributed by atoms with van der Waals surface area (Å²) in [5.41, 5.74) is 1.05. The van der Waals surface area contributed by atoms with Gasteiger partial charge in [-0.15, -0.1) is 11.3 Å². The summed E-state index contributed by atoms with van der Waals surface area (Å²) >= 11 is 11.0. The van der Waals surface area contributed by atoms with Crippen LogP contribution in [-0.4, -0.2) is 16.1 Å². The van der Waals surface area contributed by atoms with Gasteiger partial charge in [-0.05, 0) is 62.3 Å². The molecule has 1 aromatic carbocycles. The maximum Gasteiger partial charge on any atom is 0.188 e. The molecule has 1 saturated carbocycles. The van der Waals surface area contributed by atoms with Gasteiger partial charge < -0.3 is 10.1 Å². The number of anilines is 2. The zero-order valence-electron chi connectivity index (χ0n) is 15.6. The van der Waals surface area contributed by atoms with Crippen LogP contribution in [-0.2, 0) is 6.42 Å². The lowest BCUT2D eigenvalue weighted by molar-refractivity contribution is 0.126. The van der Waals surface area contributed by atoms with E-state index < -0.39 is 5.82 Å². The SMILES string of the molecule is Fc1c(Cl)cccc1OC1CCC(Cc2cc(Br)cc(Nc3nccs3)n2)CC1. The second kappa shape index (κ2) is 9.41. The summed E-state index contributed by atoms with van der Waals surface area (Å²) < 4.78 is 20.9. The van der Waals surface area contributed by atoms with E-state index in [2.05, 4.69) is 32.3 Å². The average molecular weight is 497 g/mol. The summed E-state index contributed by atoms with van der Waals surface area (Å²) in [6, 6.07) is 8.90. The lowest BCUT2D eigenvalue weighted by atomic mass is 9.84. The van der Waals surface area contributed by atoms with E-state index in [1.807, 2.05) is 11.4 Å². The highest BCUT2D eigenvalue weighted by molar-refractivity contribution is 9.10. The van der Waals surface area contributed by atoms with Crippen molar-refractivity contribution in [1.29, 1.82) is 0 Å². The molecule has 0 atom stereocenters. The van der Waals surface area contributed by atoms with Crippen LogP contribution >= 0.6 is 38.9 Å². The first-order chi connectivity index (χ1) is 14.1. The van der Waals surface area contributed by atoms with Crippen LogP contribution in [0.5, 0.6) is 5.75 Å². The molecule has 0 aliphatic heterocycles. The Labute approximate surface area is 186 Å². The molecule has 4 nitrogen and oxygen atoms in total. The topological polar surface area (TPSA) is 47.0 Å². The Hall–Kier alpha value is -1.70. The molecule has 1 N–H and O–H groups in total.